The fraction of sp³-hybridized carbons (Fsp3) is 0.350. The van der Waals surface area contributed by atoms with Crippen LogP contribution in [0.5, 0.6) is 0 Å². The minimum absolute atomic E-state index is 0.369. The van der Waals surface area contributed by atoms with Crippen molar-refractivity contribution in [1.29, 1.82) is 0 Å². The van der Waals surface area contributed by atoms with Gasteiger partial charge in [-0.2, -0.15) is 13.2 Å². The molecule has 1 saturated heterocycles. The molecular formula is C20H20F4N4. The monoisotopic (exact) mass is 392 g/mol. The van der Waals surface area contributed by atoms with Crippen LogP contribution in [0.2, 0.25) is 0 Å². The van der Waals surface area contributed by atoms with Crippen LogP contribution in [0.3, 0.4) is 0 Å². The summed E-state index contributed by atoms with van der Waals surface area (Å²) in [5, 5.41) is 3.32. The van der Waals surface area contributed by atoms with Gasteiger partial charge in [-0.05, 0) is 55.9 Å². The van der Waals surface area contributed by atoms with E-state index < -0.39 is 11.7 Å². The Balaban J connectivity index is 1.83. The van der Waals surface area contributed by atoms with E-state index in [1.165, 1.54) is 22.6 Å². The average Bonchev–Trinajstić information content (AvgIpc) is 2.83. The summed E-state index contributed by atoms with van der Waals surface area (Å²) in [6.07, 6.45) is -2.37. The van der Waals surface area contributed by atoms with Crippen molar-refractivity contribution in [2.24, 2.45) is 0 Å². The standard InChI is InChI=1S/C20H20F4N4/c21-16-5-2-14(3-6-16)19-17(13-27-10-1-8-25-9-11-27)28-12-15(20(22,23)24)4-7-18(28)26-19/h2-7,12,25H,1,8-11,13H2. The van der Waals surface area contributed by atoms with Crippen LogP contribution < -0.4 is 5.32 Å². The molecule has 1 fully saturated rings. The van der Waals surface area contributed by atoms with Gasteiger partial charge in [0.2, 0.25) is 0 Å². The van der Waals surface area contributed by atoms with Gasteiger partial charge in [0, 0.05) is 31.4 Å². The molecule has 0 atom stereocenters. The van der Waals surface area contributed by atoms with Gasteiger partial charge in [-0.15, -0.1) is 0 Å². The van der Waals surface area contributed by atoms with E-state index in [2.05, 4.69) is 15.2 Å². The highest BCUT2D eigenvalue weighted by molar-refractivity contribution is 5.66. The predicted octanol–water partition coefficient (Wildman–Crippen LogP) is 3.95. The lowest BCUT2D eigenvalue weighted by Gasteiger charge is -2.20. The van der Waals surface area contributed by atoms with Gasteiger partial charge < -0.3 is 9.72 Å². The Bertz CT molecular complexity index is 955. The highest BCUT2D eigenvalue weighted by atomic mass is 19.4. The second kappa shape index (κ2) is 7.52. The molecule has 0 unspecified atom stereocenters. The molecule has 1 aromatic carbocycles. The second-order valence-electron chi connectivity index (χ2n) is 6.94. The fourth-order valence-corrected chi connectivity index (χ4v) is 3.52. The lowest BCUT2D eigenvalue weighted by Crippen LogP contribution is -2.28. The van der Waals surface area contributed by atoms with E-state index in [0.717, 1.165) is 44.9 Å². The molecule has 0 radical (unpaired) electrons. The molecule has 0 bridgehead atoms. The van der Waals surface area contributed by atoms with Crippen LogP contribution >= 0.6 is 0 Å². The van der Waals surface area contributed by atoms with Gasteiger partial charge in [-0.1, -0.05) is 0 Å². The Labute approximate surface area is 159 Å². The second-order valence-corrected chi connectivity index (χ2v) is 6.94. The van der Waals surface area contributed by atoms with Crippen molar-refractivity contribution in [2.45, 2.75) is 19.1 Å². The minimum Gasteiger partial charge on any atom is -0.315 e. The summed E-state index contributed by atoms with van der Waals surface area (Å²) >= 11 is 0. The number of aromatic nitrogens is 2. The number of benzene rings is 1. The van der Waals surface area contributed by atoms with Gasteiger partial charge in [0.05, 0.1) is 17.0 Å². The number of fused-ring (bicyclic) bond motifs is 1. The molecule has 0 aliphatic carbocycles. The first-order valence-corrected chi connectivity index (χ1v) is 9.19. The summed E-state index contributed by atoms with van der Waals surface area (Å²) in [7, 11) is 0. The zero-order valence-corrected chi connectivity index (χ0v) is 15.1. The summed E-state index contributed by atoms with van der Waals surface area (Å²) in [4.78, 5) is 6.76. The number of halogens is 4. The van der Waals surface area contributed by atoms with Crippen molar-refractivity contribution in [3.05, 3.63) is 59.7 Å². The van der Waals surface area contributed by atoms with Crippen LogP contribution in [0.1, 0.15) is 17.7 Å². The van der Waals surface area contributed by atoms with Crippen LogP contribution in [0, 0.1) is 5.82 Å². The largest absolute Gasteiger partial charge is 0.417 e. The van der Waals surface area contributed by atoms with Crippen molar-refractivity contribution in [3.8, 4) is 11.3 Å². The molecule has 3 aromatic rings. The van der Waals surface area contributed by atoms with E-state index in [0.29, 0.717) is 29.1 Å². The fourth-order valence-electron chi connectivity index (χ4n) is 3.52. The molecule has 4 nitrogen and oxygen atoms in total. The maximum atomic E-state index is 13.3. The van der Waals surface area contributed by atoms with Gasteiger partial charge in [0.15, 0.2) is 0 Å². The quantitative estimate of drug-likeness (QED) is 0.685. The van der Waals surface area contributed by atoms with Gasteiger partial charge in [-0.3, -0.25) is 4.90 Å². The number of hydrogen-bond donors (Lipinski definition) is 1. The van der Waals surface area contributed by atoms with Gasteiger partial charge in [-0.25, -0.2) is 9.37 Å². The van der Waals surface area contributed by atoms with Crippen molar-refractivity contribution < 1.29 is 17.6 Å². The lowest BCUT2D eigenvalue weighted by molar-refractivity contribution is -0.137. The van der Waals surface area contributed by atoms with E-state index >= 15 is 0 Å². The number of imidazole rings is 1. The van der Waals surface area contributed by atoms with Crippen LogP contribution in [0.4, 0.5) is 17.6 Å². The third-order valence-electron chi connectivity index (χ3n) is 4.97. The van der Waals surface area contributed by atoms with Crippen LogP contribution in [-0.2, 0) is 12.7 Å². The predicted molar refractivity (Wildman–Crippen MR) is 98.4 cm³/mol. The third-order valence-corrected chi connectivity index (χ3v) is 4.97. The van der Waals surface area contributed by atoms with E-state index in [1.807, 2.05) is 0 Å². The molecule has 1 aliphatic heterocycles. The number of rotatable bonds is 3. The summed E-state index contributed by atoms with van der Waals surface area (Å²) in [6, 6.07) is 8.30. The number of nitrogens with zero attached hydrogens (tertiary/aromatic N) is 3. The molecule has 3 heterocycles. The van der Waals surface area contributed by atoms with E-state index in [4.69, 9.17) is 0 Å². The van der Waals surface area contributed by atoms with E-state index in [1.54, 1.807) is 12.1 Å². The molecule has 2 aromatic heterocycles. The van der Waals surface area contributed by atoms with Crippen LogP contribution in [0.25, 0.3) is 16.9 Å². The Morgan fingerprint density at radius 2 is 1.79 bits per heavy atom. The average molecular weight is 392 g/mol. The zero-order chi connectivity index (χ0) is 19.7. The summed E-state index contributed by atoms with van der Waals surface area (Å²) in [5.41, 5.74) is 1.66. The Morgan fingerprint density at radius 1 is 1.00 bits per heavy atom. The zero-order valence-electron chi connectivity index (χ0n) is 15.1. The van der Waals surface area contributed by atoms with Crippen molar-refractivity contribution in [2.75, 3.05) is 26.2 Å². The lowest BCUT2D eigenvalue weighted by atomic mass is 10.1. The maximum Gasteiger partial charge on any atom is 0.417 e. The van der Waals surface area contributed by atoms with Crippen LogP contribution in [-0.4, -0.2) is 40.5 Å². The molecule has 4 rings (SSSR count). The Hall–Kier alpha value is -2.45. The molecule has 28 heavy (non-hydrogen) atoms. The first-order valence-electron chi connectivity index (χ1n) is 9.19. The summed E-state index contributed by atoms with van der Waals surface area (Å²) in [5.74, 6) is -0.369. The molecular weight excluding hydrogens is 372 g/mol. The van der Waals surface area contributed by atoms with Crippen molar-refractivity contribution >= 4 is 5.65 Å². The summed E-state index contributed by atoms with van der Waals surface area (Å²) < 4.78 is 54.6. The van der Waals surface area contributed by atoms with E-state index in [9.17, 15) is 17.6 Å². The Morgan fingerprint density at radius 3 is 2.54 bits per heavy atom. The number of hydrogen-bond acceptors (Lipinski definition) is 3. The van der Waals surface area contributed by atoms with Gasteiger partial charge in [0.1, 0.15) is 11.5 Å². The molecule has 8 heteroatoms. The van der Waals surface area contributed by atoms with Gasteiger partial charge >= 0.3 is 6.18 Å². The molecule has 1 aliphatic rings. The molecule has 0 spiro atoms. The van der Waals surface area contributed by atoms with Gasteiger partial charge in [0.25, 0.3) is 0 Å². The highest BCUT2D eigenvalue weighted by Gasteiger charge is 2.31. The first kappa shape index (κ1) is 18.9. The number of alkyl halides is 3. The normalized spacial score (nSPS) is 16.4. The van der Waals surface area contributed by atoms with E-state index in [-0.39, 0.29) is 5.82 Å². The third kappa shape index (κ3) is 3.88. The smallest absolute Gasteiger partial charge is 0.315 e. The van der Waals surface area contributed by atoms with Crippen LogP contribution in [0.15, 0.2) is 42.6 Å². The highest BCUT2D eigenvalue weighted by Crippen LogP contribution is 2.32. The number of nitrogens with one attached hydrogen (secondary N) is 1. The van der Waals surface area contributed by atoms with Crippen molar-refractivity contribution in [3.63, 3.8) is 0 Å². The maximum absolute atomic E-state index is 13.3. The first-order chi connectivity index (χ1) is 13.4. The molecule has 0 saturated carbocycles. The molecule has 148 valence electrons. The molecule has 0 amide bonds. The Kier molecular flexibility index (Phi) is 5.07. The minimum atomic E-state index is -4.43. The number of pyridine rings is 1. The van der Waals surface area contributed by atoms with Crippen molar-refractivity contribution in [1.82, 2.24) is 19.6 Å². The summed E-state index contributed by atoms with van der Waals surface area (Å²) in [6.45, 7) is 3.87. The molecule has 1 N–H and O–H groups in total. The SMILES string of the molecule is Fc1ccc(-c2nc3ccc(C(F)(F)F)cn3c2CN2CCCNCC2)cc1. The topological polar surface area (TPSA) is 32.6 Å².